The first-order valence-corrected chi connectivity index (χ1v) is 6.85. The summed E-state index contributed by atoms with van der Waals surface area (Å²) in [5.41, 5.74) is 5.33. The van der Waals surface area contributed by atoms with Crippen LogP contribution in [0.25, 0.3) is 0 Å². The zero-order valence-electron chi connectivity index (χ0n) is 10.3. The number of nitrogens with one attached hydrogen (secondary N) is 1. The number of hydrogen-bond donors (Lipinski definition) is 3. The van der Waals surface area contributed by atoms with Crippen molar-refractivity contribution in [2.24, 2.45) is 0 Å². The smallest absolute Gasteiger partial charge is 0.329 e. The van der Waals surface area contributed by atoms with Crippen LogP contribution in [0.3, 0.4) is 0 Å². The minimum atomic E-state index is -1.14. The van der Waals surface area contributed by atoms with Crippen LogP contribution in [-0.4, -0.2) is 22.5 Å². The maximum atomic E-state index is 12.2. The van der Waals surface area contributed by atoms with Crippen molar-refractivity contribution in [2.45, 2.75) is 31.2 Å². The highest BCUT2D eigenvalue weighted by Crippen LogP contribution is 2.31. The number of amides is 1. The molecule has 1 aromatic carbocycles. The Morgan fingerprint density at radius 3 is 2.53 bits per heavy atom. The monoisotopic (exact) mass is 326 g/mol. The number of carbonyl (C=O) groups excluding carboxylic acids is 1. The Labute approximate surface area is 119 Å². The van der Waals surface area contributed by atoms with E-state index in [9.17, 15) is 14.7 Å². The molecule has 4 N–H and O–H groups in total. The van der Waals surface area contributed by atoms with Crippen LogP contribution in [0.2, 0.25) is 0 Å². The Bertz CT molecular complexity index is 525. The van der Waals surface area contributed by atoms with Gasteiger partial charge in [-0.25, -0.2) is 4.79 Å². The minimum Gasteiger partial charge on any atom is -0.480 e. The predicted octanol–water partition coefficient (Wildman–Crippen LogP) is 2.16. The van der Waals surface area contributed by atoms with Crippen molar-refractivity contribution < 1.29 is 14.7 Å². The summed E-state index contributed by atoms with van der Waals surface area (Å²) < 4.78 is 0.595. The summed E-state index contributed by atoms with van der Waals surface area (Å²) in [6, 6.07) is 4.87. The van der Waals surface area contributed by atoms with E-state index in [1.807, 2.05) is 0 Å². The van der Waals surface area contributed by atoms with Gasteiger partial charge in [0.1, 0.15) is 5.54 Å². The fourth-order valence-electron chi connectivity index (χ4n) is 2.37. The first kappa shape index (κ1) is 13.9. The van der Waals surface area contributed by atoms with E-state index >= 15 is 0 Å². The molecule has 1 aliphatic rings. The lowest BCUT2D eigenvalue weighted by molar-refractivity contribution is -0.144. The van der Waals surface area contributed by atoms with Gasteiger partial charge in [0.2, 0.25) is 0 Å². The van der Waals surface area contributed by atoms with Crippen LogP contribution >= 0.6 is 15.9 Å². The highest BCUT2D eigenvalue weighted by atomic mass is 79.9. The number of aliphatic carboxylic acids is 1. The molecule has 0 spiro atoms. The third-order valence-electron chi connectivity index (χ3n) is 3.45. The topological polar surface area (TPSA) is 92.4 Å². The van der Waals surface area contributed by atoms with Crippen molar-refractivity contribution in [1.82, 2.24) is 5.32 Å². The van der Waals surface area contributed by atoms with Crippen molar-refractivity contribution >= 4 is 33.5 Å². The molecule has 6 heteroatoms. The van der Waals surface area contributed by atoms with Crippen molar-refractivity contribution in [3.8, 4) is 0 Å². The number of carbonyl (C=O) groups is 2. The van der Waals surface area contributed by atoms with Gasteiger partial charge in [-0.15, -0.1) is 0 Å². The second-order valence-electron chi connectivity index (χ2n) is 4.79. The Hall–Kier alpha value is -1.56. The van der Waals surface area contributed by atoms with Gasteiger partial charge >= 0.3 is 5.97 Å². The van der Waals surface area contributed by atoms with Gasteiger partial charge in [0.05, 0.1) is 5.56 Å². The molecular formula is C13H15BrN2O3. The normalized spacial score (nSPS) is 17.1. The third kappa shape index (κ3) is 2.73. The number of benzene rings is 1. The van der Waals surface area contributed by atoms with Gasteiger partial charge in [0, 0.05) is 10.2 Å². The zero-order chi connectivity index (χ0) is 14.0. The Balaban J connectivity index is 2.25. The second kappa shape index (κ2) is 5.21. The summed E-state index contributed by atoms with van der Waals surface area (Å²) in [6.07, 6.45) is 2.55. The van der Waals surface area contributed by atoms with Crippen LogP contribution in [0.4, 0.5) is 5.69 Å². The third-order valence-corrected chi connectivity index (χ3v) is 4.15. The van der Waals surface area contributed by atoms with Gasteiger partial charge < -0.3 is 16.2 Å². The lowest BCUT2D eigenvalue weighted by atomic mass is 9.97. The van der Waals surface area contributed by atoms with E-state index in [2.05, 4.69) is 21.2 Å². The van der Waals surface area contributed by atoms with Crippen molar-refractivity contribution in [3.05, 3.63) is 28.2 Å². The number of carboxylic acids is 1. The number of hydrogen-bond acceptors (Lipinski definition) is 3. The standard InChI is InChI=1S/C13H15BrN2O3/c14-10-4-3-8(15)7-9(10)11(17)16-13(12(18)19)5-1-2-6-13/h3-4,7H,1-2,5-6,15H2,(H,16,17)(H,18,19). The molecule has 0 bridgehead atoms. The van der Waals surface area contributed by atoms with Crippen LogP contribution in [0.1, 0.15) is 36.0 Å². The van der Waals surface area contributed by atoms with E-state index in [0.717, 1.165) is 12.8 Å². The maximum Gasteiger partial charge on any atom is 0.329 e. The lowest BCUT2D eigenvalue weighted by Crippen LogP contribution is -2.52. The highest BCUT2D eigenvalue weighted by Gasteiger charge is 2.42. The van der Waals surface area contributed by atoms with Gasteiger partial charge in [-0.1, -0.05) is 12.8 Å². The van der Waals surface area contributed by atoms with E-state index < -0.39 is 17.4 Å². The fourth-order valence-corrected chi connectivity index (χ4v) is 2.80. The Morgan fingerprint density at radius 1 is 1.32 bits per heavy atom. The van der Waals surface area contributed by atoms with Crippen LogP contribution in [0, 0.1) is 0 Å². The molecule has 0 aromatic heterocycles. The van der Waals surface area contributed by atoms with Crippen molar-refractivity contribution in [3.63, 3.8) is 0 Å². The Morgan fingerprint density at radius 2 is 1.95 bits per heavy atom. The van der Waals surface area contributed by atoms with Crippen LogP contribution in [0.15, 0.2) is 22.7 Å². The van der Waals surface area contributed by atoms with Crippen molar-refractivity contribution in [1.29, 1.82) is 0 Å². The molecule has 1 amide bonds. The summed E-state index contributed by atoms with van der Waals surface area (Å²) in [5.74, 6) is -1.39. The molecule has 1 fully saturated rings. The summed E-state index contributed by atoms with van der Waals surface area (Å²) in [5, 5.41) is 12.0. The highest BCUT2D eigenvalue weighted by molar-refractivity contribution is 9.10. The minimum absolute atomic E-state index is 0.354. The molecule has 1 aliphatic carbocycles. The van der Waals surface area contributed by atoms with E-state index in [-0.39, 0.29) is 0 Å². The average molecular weight is 327 g/mol. The molecule has 5 nitrogen and oxygen atoms in total. The summed E-state index contributed by atoms with van der Waals surface area (Å²) in [4.78, 5) is 23.6. The van der Waals surface area contributed by atoms with Crippen LogP contribution in [0.5, 0.6) is 0 Å². The number of carboxylic acid groups (broad SMARTS) is 1. The first-order chi connectivity index (χ1) is 8.94. The number of nitrogen functional groups attached to an aromatic ring is 1. The molecule has 0 saturated heterocycles. The van der Waals surface area contributed by atoms with E-state index in [4.69, 9.17) is 5.73 Å². The Kier molecular flexibility index (Phi) is 3.80. The molecule has 0 radical (unpaired) electrons. The molecule has 2 rings (SSSR count). The van der Waals surface area contributed by atoms with Gasteiger partial charge in [-0.05, 0) is 47.0 Å². The molecule has 0 unspecified atom stereocenters. The van der Waals surface area contributed by atoms with Crippen LogP contribution in [-0.2, 0) is 4.79 Å². The zero-order valence-corrected chi connectivity index (χ0v) is 11.9. The number of halogens is 1. The largest absolute Gasteiger partial charge is 0.480 e. The molecule has 0 heterocycles. The van der Waals surface area contributed by atoms with E-state index in [1.54, 1.807) is 12.1 Å². The number of anilines is 1. The van der Waals surface area contributed by atoms with Gasteiger partial charge in [0.25, 0.3) is 5.91 Å². The summed E-state index contributed by atoms with van der Waals surface area (Å²) >= 11 is 3.27. The van der Waals surface area contributed by atoms with Gasteiger partial charge in [-0.3, -0.25) is 4.79 Å². The SMILES string of the molecule is Nc1ccc(Br)c(C(=O)NC2(C(=O)O)CCCC2)c1. The molecule has 0 atom stereocenters. The average Bonchev–Trinajstić information content (AvgIpc) is 2.82. The van der Waals surface area contributed by atoms with Crippen LogP contribution < -0.4 is 11.1 Å². The quantitative estimate of drug-likeness (QED) is 0.742. The van der Waals surface area contributed by atoms with Gasteiger partial charge in [-0.2, -0.15) is 0 Å². The summed E-state index contributed by atoms with van der Waals surface area (Å²) in [7, 11) is 0. The van der Waals surface area contributed by atoms with Crippen molar-refractivity contribution in [2.75, 3.05) is 5.73 Å². The molecule has 1 aromatic rings. The molecular weight excluding hydrogens is 312 g/mol. The first-order valence-electron chi connectivity index (χ1n) is 6.05. The molecule has 19 heavy (non-hydrogen) atoms. The van der Waals surface area contributed by atoms with E-state index in [0.29, 0.717) is 28.6 Å². The van der Waals surface area contributed by atoms with E-state index in [1.165, 1.54) is 6.07 Å². The molecule has 0 aliphatic heterocycles. The lowest BCUT2D eigenvalue weighted by Gasteiger charge is -2.25. The predicted molar refractivity (Wildman–Crippen MR) is 74.9 cm³/mol. The fraction of sp³-hybridized carbons (Fsp3) is 0.385. The number of rotatable bonds is 3. The second-order valence-corrected chi connectivity index (χ2v) is 5.64. The molecule has 1 saturated carbocycles. The summed E-state index contributed by atoms with van der Waals surface area (Å²) in [6.45, 7) is 0. The maximum absolute atomic E-state index is 12.2. The molecule has 102 valence electrons. The number of nitrogens with two attached hydrogens (primary N) is 1. The van der Waals surface area contributed by atoms with Gasteiger partial charge in [0.15, 0.2) is 0 Å².